The third-order valence-electron chi connectivity index (χ3n) is 5.90. The molecule has 0 radical (unpaired) electrons. The summed E-state index contributed by atoms with van der Waals surface area (Å²) in [6.07, 6.45) is 3.24. The molecule has 3 aliphatic rings. The fourth-order valence-electron chi connectivity index (χ4n) is 4.61. The summed E-state index contributed by atoms with van der Waals surface area (Å²) in [6.45, 7) is 4.27. The molecule has 4 rings (SSSR count). The fourth-order valence-corrected chi connectivity index (χ4v) is 4.61. The van der Waals surface area contributed by atoms with Crippen molar-refractivity contribution in [3.63, 3.8) is 0 Å². The van der Waals surface area contributed by atoms with Crippen LogP contribution in [0.5, 0.6) is 0 Å². The highest BCUT2D eigenvalue weighted by molar-refractivity contribution is 5.89. The number of carbonyl (C=O) groups is 1. The minimum absolute atomic E-state index is 0.203. The molecule has 2 atom stereocenters. The SMILES string of the molecule is CN1C[C@@H]2CN(C(=O)C3(c4ccccc4)CCC3)C[C@@H]2C1. The van der Waals surface area contributed by atoms with E-state index >= 15 is 0 Å². The van der Waals surface area contributed by atoms with Gasteiger partial charge in [-0.1, -0.05) is 36.8 Å². The highest BCUT2D eigenvalue weighted by Crippen LogP contribution is 2.46. The van der Waals surface area contributed by atoms with Crippen LogP contribution in [0.2, 0.25) is 0 Å². The van der Waals surface area contributed by atoms with Crippen molar-refractivity contribution in [2.45, 2.75) is 24.7 Å². The number of hydrogen-bond donors (Lipinski definition) is 0. The van der Waals surface area contributed by atoms with Gasteiger partial charge in [0.2, 0.25) is 5.91 Å². The number of hydrogen-bond acceptors (Lipinski definition) is 2. The van der Waals surface area contributed by atoms with Gasteiger partial charge in [0.25, 0.3) is 0 Å². The summed E-state index contributed by atoms with van der Waals surface area (Å²) < 4.78 is 0. The highest BCUT2D eigenvalue weighted by Gasteiger charge is 2.50. The Labute approximate surface area is 126 Å². The normalized spacial score (nSPS) is 31.0. The van der Waals surface area contributed by atoms with Crippen molar-refractivity contribution in [3.8, 4) is 0 Å². The molecule has 21 heavy (non-hydrogen) atoms. The first-order valence-corrected chi connectivity index (χ1v) is 8.22. The van der Waals surface area contributed by atoms with Gasteiger partial charge in [-0.15, -0.1) is 0 Å². The van der Waals surface area contributed by atoms with Gasteiger partial charge in [0.1, 0.15) is 0 Å². The van der Waals surface area contributed by atoms with Gasteiger partial charge in [-0.3, -0.25) is 4.79 Å². The number of fused-ring (bicyclic) bond motifs is 1. The Hall–Kier alpha value is -1.35. The predicted octanol–water partition coefficient (Wildman–Crippen LogP) is 2.13. The maximum Gasteiger partial charge on any atom is 0.233 e. The molecular weight excluding hydrogens is 260 g/mol. The van der Waals surface area contributed by atoms with Crippen molar-refractivity contribution in [2.24, 2.45) is 11.8 Å². The maximum atomic E-state index is 13.2. The Bertz CT molecular complexity index is 523. The maximum absolute atomic E-state index is 13.2. The molecule has 0 aromatic heterocycles. The Kier molecular flexibility index (Phi) is 3.07. The Morgan fingerprint density at radius 2 is 1.67 bits per heavy atom. The van der Waals surface area contributed by atoms with Crippen LogP contribution in [0.25, 0.3) is 0 Å². The quantitative estimate of drug-likeness (QED) is 0.830. The third kappa shape index (κ3) is 2.02. The predicted molar refractivity (Wildman–Crippen MR) is 83.0 cm³/mol. The van der Waals surface area contributed by atoms with Crippen LogP contribution >= 0.6 is 0 Å². The minimum Gasteiger partial charge on any atom is -0.341 e. The van der Waals surface area contributed by atoms with Gasteiger partial charge in [-0.25, -0.2) is 0 Å². The molecule has 0 bridgehead atoms. The van der Waals surface area contributed by atoms with Crippen LogP contribution in [0, 0.1) is 11.8 Å². The number of nitrogens with zero attached hydrogens (tertiary/aromatic N) is 2. The first-order valence-electron chi connectivity index (χ1n) is 8.22. The van der Waals surface area contributed by atoms with Crippen molar-refractivity contribution in [1.82, 2.24) is 9.80 Å². The molecule has 3 fully saturated rings. The average molecular weight is 284 g/mol. The summed E-state index contributed by atoms with van der Waals surface area (Å²) in [5, 5.41) is 0. The summed E-state index contributed by atoms with van der Waals surface area (Å²) in [6, 6.07) is 10.5. The van der Waals surface area contributed by atoms with E-state index in [2.05, 4.69) is 41.1 Å². The Morgan fingerprint density at radius 3 is 2.19 bits per heavy atom. The number of amides is 1. The molecule has 1 aromatic carbocycles. The van der Waals surface area contributed by atoms with Crippen molar-refractivity contribution in [1.29, 1.82) is 0 Å². The van der Waals surface area contributed by atoms with E-state index in [1.165, 1.54) is 12.0 Å². The van der Waals surface area contributed by atoms with E-state index in [1.54, 1.807) is 0 Å². The van der Waals surface area contributed by atoms with Crippen LogP contribution in [0.1, 0.15) is 24.8 Å². The largest absolute Gasteiger partial charge is 0.341 e. The average Bonchev–Trinajstić information content (AvgIpc) is 2.95. The zero-order valence-corrected chi connectivity index (χ0v) is 12.8. The summed E-state index contributed by atoms with van der Waals surface area (Å²) in [5.74, 6) is 1.80. The fraction of sp³-hybridized carbons (Fsp3) is 0.611. The van der Waals surface area contributed by atoms with E-state index < -0.39 is 0 Å². The van der Waals surface area contributed by atoms with Gasteiger partial charge in [0.15, 0.2) is 0 Å². The molecule has 3 heteroatoms. The van der Waals surface area contributed by atoms with Crippen LogP contribution in [-0.4, -0.2) is 48.9 Å². The Balaban J connectivity index is 1.55. The summed E-state index contributed by atoms with van der Waals surface area (Å²) >= 11 is 0. The molecule has 1 aliphatic carbocycles. The molecule has 1 amide bonds. The monoisotopic (exact) mass is 284 g/mol. The second kappa shape index (κ2) is 4.84. The van der Waals surface area contributed by atoms with E-state index in [4.69, 9.17) is 0 Å². The highest BCUT2D eigenvalue weighted by atomic mass is 16.2. The lowest BCUT2D eigenvalue weighted by Gasteiger charge is -2.43. The molecule has 3 nitrogen and oxygen atoms in total. The van der Waals surface area contributed by atoms with E-state index in [1.807, 2.05) is 6.07 Å². The lowest BCUT2D eigenvalue weighted by atomic mass is 9.63. The molecule has 0 unspecified atom stereocenters. The van der Waals surface area contributed by atoms with Crippen molar-refractivity contribution >= 4 is 5.91 Å². The van der Waals surface area contributed by atoms with E-state index in [0.29, 0.717) is 17.7 Å². The van der Waals surface area contributed by atoms with E-state index in [0.717, 1.165) is 39.0 Å². The van der Waals surface area contributed by atoms with Crippen LogP contribution in [0.3, 0.4) is 0 Å². The molecular formula is C18H24N2O. The summed E-state index contributed by atoms with van der Waals surface area (Å²) in [5.41, 5.74) is 1.03. The molecule has 1 saturated carbocycles. The second-order valence-corrected chi connectivity index (χ2v) is 7.25. The van der Waals surface area contributed by atoms with E-state index in [-0.39, 0.29) is 5.41 Å². The van der Waals surface area contributed by atoms with Crippen molar-refractivity contribution < 1.29 is 4.79 Å². The first-order chi connectivity index (χ1) is 10.2. The van der Waals surface area contributed by atoms with Crippen molar-refractivity contribution in [2.75, 3.05) is 33.2 Å². The molecule has 0 spiro atoms. The van der Waals surface area contributed by atoms with Gasteiger partial charge in [0.05, 0.1) is 5.41 Å². The minimum atomic E-state index is -0.203. The molecule has 2 heterocycles. The molecule has 2 aliphatic heterocycles. The number of rotatable bonds is 2. The van der Waals surface area contributed by atoms with Gasteiger partial charge < -0.3 is 9.80 Å². The Morgan fingerprint density at radius 1 is 1.05 bits per heavy atom. The molecule has 0 N–H and O–H groups in total. The number of benzene rings is 1. The van der Waals surface area contributed by atoms with Crippen LogP contribution in [-0.2, 0) is 10.2 Å². The second-order valence-electron chi connectivity index (χ2n) is 7.25. The lowest BCUT2D eigenvalue weighted by Crippen LogP contribution is -2.50. The summed E-state index contributed by atoms with van der Waals surface area (Å²) in [4.78, 5) is 17.8. The lowest BCUT2D eigenvalue weighted by molar-refractivity contribution is -0.140. The smallest absolute Gasteiger partial charge is 0.233 e. The number of likely N-dealkylation sites (tertiary alicyclic amines) is 2. The van der Waals surface area contributed by atoms with Gasteiger partial charge in [-0.05, 0) is 37.3 Å². The van der Waals surface area contributed by atoms with Gasteiger partial charge in [0, 0.05) is 26.2 Å². The van der Waals surface area contributed by atoms with Crippen molar-refractivity contribution in [3.05, 3.63) is 35.9 Å². The molecule has 1 aromatic rings. The first kappa shape index (κ1) is 13.3. The van der Waals surface area contributed by atoms with Crippen LogP contribution < -0.4 is 0 Å². The third-order valence-corrected chi connectivity index (χ3v) is 5.90. The number of carbonyl (C=O) groups excluding carboxylic acids is 1. The zero-order valence-electron chi connectivity index (χ0n) is 12.8. The van der Waals surface area contributed by atoms with E-state index in [9.17, 15) is 4.79 Å². The van der Waals surface area contributed by atoms with Crippen LogP contribution in [0.4, 0.5) is 0 Å². The standard InChI is InChI=1S/C18H24N2O/c1-19-10-14-12-20(13-15(14)11-19)17(21)18(8-5-9-18)16-6-3-2-4-7-16/h2-4,6-7,14-15H,5,8-13H2,1H3/t14-,15+. The molecule has 2 saturated heterocycles. The zero-order chi connectivity index (χ0) is 14.4. The summed E-state index contributed by atoms with van der Waals surface area (Å²) in [7, 11) is 2.20. The van der Waals surface area contributed by atoms with Gasteiger partial charge >= 0.3 is 0 Å². The van der Waals surface area contributed by atoms with Crippen LogP contribution in [0.15, 0.2) is 30.3 Å². The topological polar surface area (TPSA) is 23.6 Å². The molecule has 112 valence electrons. The van der Waals surface area contributed by atoms with Gasteiger partial charge in [-0.2, -0.15) is 0 Å².